The number of rotatable bonds is 5. The summed E-state index contributed by atoms with van der Waals surface area (Å²) in [4.78, 5) is 12.2. The van der Waals surface area contributed by atoms with E-state index in [0.29, 0.717) is 4.90 Å². The fraction of sp³-hybridized carbons (Fsp3) is 0.312. The van der Waals surface area contributed by atoms with Crippen LogP contribution in [0.15, 0.2) is 40.6 Å². The van der Waals surface area contributed by atoms with E-state index in [-0.39, 0.29) is 12.5 Å². The lowest BCUT2D eigenvalue weighted by molar-refractivity contribution is -0.118. The average molecular weight is 337 g/mol. The van der Waals surface area contributed by atoms with Crippen LogP contribution in [0.4, 0.5) is 0 Å². The maximum Gasteiger partial charge on any atom is 0.216 e. The number of hydrogen-bond donors (Lipinski definition) is 1. The molecule has 1 N–H and O–H groups in total. The van der Waals surface area contributed by atoms with Crippen LogP contribution < -0.4 is 5.32 Å². The predicted octanol–water partition coefficient (Wildman–Crippen LogP) is 3.02. The van der Waals surface area contributed by atoms with Crippen molar-refractivity contribution in [3.63, 3.8) is 0 Å². The van der Waals surface area contributed by atoms with Gasteiger partial charge in [0, 0.05) is 18.3 Å². The summed E-state index contributed by atoms with van der Waals surface area (Å²) >= 11 is 1.38. The molecule has 0 saturated carbocycles. The number of hydrogen-bond acceptors (Lipinski definition) is 4. The number of benzene rings is 1. The van der Waals surface area contributed by atoms with Gasteiger partial charge >= 0.3 is 0 Å². The molecule has 0 aliphatic carbocycles. The zero-order valence-electron chi connectivity index (χ0n) is 12.8. The summed E-state index contributed by atoms with van der Waals surface area (Å²) in [5.41, 5.74) is 1.99. The third-order valence-corrected chi connectivity index (χ3v) is 6.79. The van der Waals surface area contributed by atoms with Crippen molar-refractivity contribution in [2.45, 2.75) is 30.9 Å². The number of nitrogens with one attached hydrogen (secondary N) is 1. The van der Waals surface area contributed by atoms with Gasteiger partial charge in [-0.05, 0) is 48.6 Å². The van der Waals surface area contributed by atoms with E-state index >= 15 is 0 Å². The summed E-state index contributed by atoms with van der Waals surface area (Å²) < 4.78 is 25.9. The second-order valence-electron chi connectivity index (χ2n) is 5.23. The molecule has 22 heavy (non-hydrogen) atoms. The second kappa shape index (κ2) is 6.62. The molecule has 118 valence electrons. The smallest absolute Gasteiger partial charge is 0.216 e. The molecule has 1 heterocycles. The van der Waals surface area contributed by atoms with Gasteiger partial charge in [0.25, 0.3) is 0 Å². The van der Waals surface area contributed by atoms with E-state index in [4.69, 9.17) is 0 Å². The fourth-order valence-corrected chi connectivity index (χ4v) is 5.00. The third kappa shape index (κ3) is 3.56. The number of sulfone groups is 1. The van der Waals surface area contributed by atoms with E-state index < -0.39 is 15.1 Å². The minimum Gasteiger partial charge on any atom is -0.355 e. The third-order valence-electron chi connectivity index (χ3n) is 3.58. The summed E-state index contributed by atoms with van der Waals surface area (Å²) in [6.07, 6.45) is 0. The monoisotopic (exact) mass is 337 g/mol. The van der Waals surface area contributed by atoms with E-state index in [2.05, 4.69) is 5.32 Å². The van der Waals surface area contributed by atoms with Gasteiger partial charge in [-0.1, -0.05) is 12.1 Å². The molecule has 0 spiro atoms. The first-order chi connectivity index (χ1) is 10.3. The van der Waals surface area contributed by atoms with Gasteiger partial charge in [-0.15, -0.1) is 11.3 Å². The van der Waals surface area contributed by atoms with Crippen LogP contribution in [0.5, 0.6) is 0 Å². The molecular formula is C16H19NO3S2. The molecule has 2 aromatic rings. The molecule has 0 fully saturated rings. The molecule has 0 saturated heterocycles. The van der Waals surface area contributed by atoms with Gasteiger partial charge in [-0.3, -0.25) is 4.79 Å². The molecule has 1 amide bonds. The average Bonchev–Trinajstić information content (AvgIpc) is 2.95. The molecule has 0 aliphatic rings. The minimum atomic E-state index is -3.56. The highest BCUT2D eigenvalue weighted by Crippen LogP contribution is 2.32. The largest absolute Gasteiger partial charge is 0.355 e. The minimum absolute atomic E-state index is 0.0745. The molecule has 4 nitrogen and oxygen atoms in total. The lowest BCUT2D eigenvalue weighted by Crippen LogP contribution is -2.29. The Hall–Kier alpha value is -1.66. The molecule has 0 radical (unpaired) electrons. The Bertz CT molecular complexity index is 765. The van der Waals surface area contributed by atoms with Crippen molar-refractivity contribution in [2.24, 2.45) is 0 Å². The predicted molar refractivity (Wildman–Crippen MR) is 88.8 cm³/mol. The number of carbonyl (C=O) groups excluding carboxylic acids is 1. The molecule has 1 aromatic heterocycles. The van der Waals surface area contributed by atoms with Crippen molar-refractivity contribution in [3.8, 4) is 0 Å². The second-order valence-corrected chi connectivity index (χ2v) is 8.34. The lowest BCUT2D eigenvalue weighted by Gasteiger charge is -2.17. The first-order valence-electron chi connectivity index (χ1n) is 6.91. The standard InChI is InChI=1S/C16H19NO3S2/c1-11-6-7-14(9-12(11)2)22(19,20)16(10-17-13(3)18)15-5-4-8-21-15/h4-9,16H,10H2,1-3H3,(H,17,18)/t16-/m0/s1. The van der Waals surface area contributed by atoms with Crippen molar-refractivity contribution in [3.05, 3.63) is 51.7 Å². The highest BCUT2D eigenvalue weighted by Gasteiger charge is 2.30. The quantitative estimate of drug-likeness (QED) is 0.912. The van der Waals surface area contributed by atoms with Gasteiger partial charge in [0.05, 0.1) is 4.90 Å². The summed E-state index contributed by atoms with van der Waals surface area (Å²) in [6, 6.07) is 8.74. The van der Waals surface area contributed by atoms with E-state index in [1.54, 1.807) is 18.2 Å². The zero-order chi connectivity index (χ0) is 16.3. The van der Waals surface area contributed by atoms with Crippen LogP contribution in [-0.4, -0.2) is 20.9 Å². The molecular weight excluding hydrogens is 318 g/mol. The van der Waals surface area contributed by atoms with Crippen LogP contribution in [0.2, 0.25) is 0 Å². The maximum atomic E-state index is 13.0. The van der Waals surface area contributed by atoms with E-state index in [1.807, 2.05) is 31.4 Å². The zero-order valence-corrected chi connectivity index (χ0v) is 14.4. The molecule has 1 aromatic carbocycles. The summed E-state index contributed by atoms with van der Waals surface area (Å²) in [5.74, 6) is -0.239. The van der Waals surface area contributed by atoms with Crippen LogP contribution in [0.1, 0.15) is 28.2 Å². The van der Waals surface area contributed by atoms with Crippen LogP contribution >= 0.6 is 11.3 Å². The topological polar surface area (TPSA) is 63.2 Å². The highest BCUT2D eigenvalue weighted by atomic mass is 32.2. The van der Waals surface area contributed by atoms with E-state index in [0.717, 1.165) is 16.0 Å². The van der Waals surface area contributed by atoms with Crippen LogP contribution in [-0.2, 0) is 14.6 Å². The van der Waals surface area contributed by atoms with Crippen molar-refractivity contribution in [2.75, 3.05) is 6.54 Å². The molecule has 0 unspecified atom stereocenters. The summed E-state index contributed by atoms with van der Waals surface area (Å²) in [5, 5.41) is 3.70. The van der Waals surface area contributed by atoms with Crippen LogP contribution in [0.25, 0.3) is 0 Å². The SMILES string of the molecule is CC(=O)NC[C@@H](c1cccs1)S(=O)(=O)c1ccc(C)c(C)c1. The highest BCUT2D eigenvalue weighted by molar-refractivity contribution is 7.91. The van der Waals surface area contributed by atoms with Crippen LogP contribution in [0, 0.1) is 13.8 Å². The van der Waals surface area contributed by atoms with Crippen LogP contribution in [0.3, 0.4) is 0 Å². The van der Waals surface area contributed by atoms with Gasteiger partial charge in [0.1, 0.15) is 5.25 Å². The number of aryl methyl sites for hydroxylation is 2. The lowest BCUT2D eigenvalue weighted by atomic mass is 10.1. The normalized spacial score (nSPS) is 12.9. The number of carbonyl (C=O) groups is 1. The Kier molecular flexibility index (Phi) is 5.03. The summed E-state index contributed by atoms with van der Waals surface area (Å²) in [6.45, 7) is 5.29. The first kappa shape index (κ1) is 16.7. The number of thiophene rings is 1. The summed E-state index contributed by atoms with van der Waals surface area (Å²) in [7, 11) is -3.56. The Morgan fingerprint density at radius 1 is 1.23 bits per heavy atom. The first-order valence-corrected chi connectivity index (χ1v) is 9.34. The molecule has 2 rings (SSSR count). The van der Waals surface area contributed by atoms with Gasteiger partial charge in [0.15, 0.2) is 9.84 Å². The van der Waals surface area contributed by atoms with Crippen molar-refractivity contribution in [1.82, 2.24) is 5.32 Å². The van der Waals surface area contributed by atoms with Crippen molar-refractivity contribution >= 4 is 27.1 Å². The van der Waals surface area contributed by atoms with E-state index in [1.165, 1.54) is 18.3 Å². The molecule has 1 atom stereocenters. The Labute approximate surface area is 135 Å². The molecule has 6 heteroatoms. The maximum absolute atomic E-state index is 13.0. The van der Waals surface area contributed by atoms with Gasteiger partial charge < -0.3 is 5.32 Å². The number of amides is 1. The Morgan fingerprint density at radius 2 is 1.95 bits per heavy atom. The van der Waals surface area contributed by atoms with Gasteiger partial charge in [-0.2, -0.15) is 0 Å². The van der Waals surface area contributed by atoms with Crippen molar-refractivity contribution in [1.29, 1.82) is 0 Å². The van der Waals surface area contributed by atoms with Crippen molar-refractivity contribution < 1.29 is 13.2 Å². The fourth-order valence-electron chi connectivity index (χ4n) is 2.13. The Balaban J connectivity index is 2.44. The Morgan fingerprint density at radius 3 is 2.50 bits per heavy atom. The van der Waals surface area contributed by atoms with E-state index in [9.17, 15) is 13.2 Å². The van der Waals surface area contributed by atoms with Gasteiger partial charge in [0.2, 0.25) is 5.91 Å². The molecule has 0 aliphatic heterocycles. The van der Waals surface area contributed by atoms with Gasteiger partial charge in [-0.25, -0.2) is 8.42 Å². The molecule has 0 bridgehead atoms.